The van der Waals surface area contributed by atoms with Crippen LogP contribution < -0.4 is 0 Å². The van der Waals surface area contributed by atoms with E-state index in [9.17, 15) is 4.79 Å². The summed E-state index contributed by atoms with van der Waals surface area (Å²) in [5.74, 6) is -0.717. The van der Waals surface area contributed by atoms with Crippen LogP contribution in [0.25, 0.3) is 0 Å². The summed E-state index contributed by atoms with van der Waals surface area (Å²) in [6.07, 6.45) is 1.62. The van der Waals surface area contributed by atoms with E-state index in [0.717, 1.165) is 16.9 Å². The maximum Gasteiger partial charge on any atom is 0.316 e. The molecule has 1 aromatic carbocycles. The van der Waals surface area contributed by atoms with E-state index in [4.69, 9.17) is 5.11 Å². The average Bonchev–Trinajstić information content (AvgIpc) is 2.20. The molecule has 0 heterocycles. The minimum atomic E-state index is -0.717. The van der Waals surface area contributed by atoms with Crippen molar-refractivity contribution >= 4 is 17.7 Å². The van der Waals surface area contributed by atoms with E-state index in [0.29, 0.717) is 6.42 Å². The molecule has 2 nitrogen and oxygen atoms in total. The fourth-order valence-corrected chi connectivity index (χ4v) is 2.51. The van der Waals surface area contributed by atoms with Gasteiger partial charge in [-0.1, -0.05) is 31.5 Å². The number of aliphatic carboxylic acids is 1. The molecule has 0 spiro atoms. The van der Waals surface area contributed by atoms with E-state index in [1.165, 1.54) is 11.8 Å². The summed E-state index contributed by atoms with van der Waals surface area (Å²) >= 11 is 1.45. The van der Waals surface area contributed by atoms with E-state index in [2.05, 4.69) is 0 Å². The molecule has 0 radical (unpaired) electrons. The van der Waals surface area contributed by atoms with E-state index in [1.54, 1.807) is 0 Å². The summed E-state index contributed by atoms with van der Waals surface area (Å²) in [7, 11) is 0. The Morgan fingerprint density at radius 2 is 2.13 bits per heavy atom. The molecule has 0 saturated carbocycles. The van der Waals surface area contributed by atoms with Crippen molar-refractivity contribution in [2.75, 3.05) is 0 Å². The largest absolute Gasteiger partial charge is 0.480 e. The standard InChI is InChI=1S/C12H16O2S/c1-3-6-11(12(13)14)15-10-8-5-4-7-9(10)2/h4-5,7-8,11H,3,6H2,1-2H3,(H,13,14). The minimum absolute atomic E-state index is 0.323. The molecule has 1 aromatic rings. The van der Waals surface area contributed by atoms with Crippen LogP contribution in [-0.2, 0) is 4.79 Å². The van der Waals surface area contributed by atoms with Gasteiger partial charge in [-0.25, -0.2) is 0 Å². The van der Waals surface area contributed by atoms with Crippen molar-refractivity contribution in [1.82, 2.24) is 0 Å². The lowest BCUT2D eigenvalue weighted by Crippen LogP contribution is -2.15. The lowest BCUT2D eigenvalue weighted by Gasteiger charge is -2.12. The first-order valence-corrected chi connectivity index (χ1v) is 5.98. The van der Waals surface area contributed by atoms with E-state index in [-0.39, 0.29) is 5.25 Å². The number of carboxylic acid groups (broad SMARTS) is 1. The summed E-state index contributed by atoms with van der Waals surface area (Å²) in [5.41, 5.74) is 1.14. The van der Waals surface area contributed by atoms with Crippen LogP contribution in [0.3, 0.4) is 0 Å². The molecule has 0 aliphatic carbocycles. The normalized spacial score (nSPS) is 12.4. The molecular weight excluding hydrogens is 208 g/mol. The van der Waals surface area contributed by atoms with Gasteiger partial charge in [-0.05, 0) is 25.0 Å². The Morgan fingerprint density at radius 3 is 2.67 bits per heavy atom. The lowest BCUT2D eigenvalue weighted by molar-refractivity contribution is -0.136. The van der Waals surface area contributed by atoms with Gasteiger partial charge < -0.3 is 5.11 Å². The smallest absolute Gasteiger partial charge is 0.316 e. The summed E-state index contributed by atoms with van der Waals surface area (Å²) in [5, 5.41) is 8.71. The zero-order chi connectivity index (χ0) is 11.3. The number of benzene rings is 1. The first-order valence-electron chi connectivity index (χ1n) is 5.10. The molecule has 0 fully saturated rings. The van der Waals surface area contributed by atoms with Crippen LogP contribution in [0.15, 0.2) is 29.2 Å². The molecule has 1 atom stereocenters. The van der Waals surface area contributed by atoms with E-state index >= 15 is 0 Å². The molecule has 82 valence electrons. The quantitative estimate of drug-likeness (QED) is 0.779. The molecule has 0 aliphatic rings. The van der Waals surface area contributed by atoms with Crippen LogP contribution in [0.4, 0.5) is 0 Å². The number of rotatable bonds is 5. The van der Waals surface area contributed by atoms with Gasteiger partial charge in [0.2, 0.25) is 0 Å². The lowest BCUT2D eigenvalue weighted by atomic mass is 10.2. The Morgan fingerprint density at radius 1 is 1.47 bits per heavy atom. The maximum absolute atomic E-state index is 11.0. The Labute approximate surface area is 94.7 Å². The Balaban J connectivity index is 2.74. The molecule has 0 aromatic heterocycles. The first-order chi connectivity index (χ1) is 7.15. The van der Waals surface area contributed by atoms with Crippen molar-refractivity contribution in [3.8, 4) is 0 Å². The molecule has 0 aliphatic heterocycles. The van der Waals surface area contributed by atoms with Crippen LogP contribution in [0.2, 0.25) is 0 Å². The minimum Gasteiger partial charge on any atom is -0.480 e. The molecule has 1 unspecified atom stereocenters. The van der Waals surface area contributed by atoms with Crippen molar-refractivity contribution in [1.29, 1.82) is 0 Å². The predicted molar refractivity (Wildman–Crippen MR) is 63.4 cm³/mol. The summed E-state index contributed by atoms with van der Waals surface area (Å²) in [6, 6.07) is 7.90. The number of hydrogen-bond acceptors (Lipinski definition) is 2. The second-order valence-corrected chi connectivity index (χ2v) is 4.74. The topological polar surface area (TPSA) is 37.3 Å². The van der Waals surface area contributed by atoms with Crippen LogP contribution in [0.5, 0.6) is 0 Å². The summed E-state index contributed by atoms with van der Waals surface area (Å²) < 4.78 is 0. The highest BCUT2D eigenvalue weighted by Gasteiger charge is 2.18. The van der Waals surface area contributed by atoms with Gasteiger partial charge in [0, 0.05) is 4.90 Å². The van der Waals surface area contributed by atoms with Gasteiger partial charge in [-0.3, -0.25) is 4.79 Å². The number of aryl methyl sites for hydroxylation is 1. The zero-order valence-electron chi connectivity index (χ0n) is 9.06. The van der Waals surface area contributed by atoms with Crippen LogP contribution in [0, 0.1) is 6.92 Å². The number of thioether (sulfide) groups is 1. The molecule has 3 heteroatoms. The third-order valence-electron chi connectivity index (χ3n) is 2.19. The van der Waals surface area contributed by atoms with Crippen molar-refractivity contribution in [3.05, 3.63) is 29.8 Å². The van der Waals surface area contributed by atoms with Gasteiger partial charge in [0.25, 0.3) is 0 Å². The highest BCUT2D eigenvalue weighted by molar-refractivity contribution is 8.00. The zero-order valence-corrected chi connectivity index (χ0v) is 9.88. The second kappa shape index (κ2) is 5.81. The van der Waals surface area contributed by atoms with Gasteiger partial charge in [-0.2, -0.15) is 0 Å². The highest BCUT2D eigenvalue weighted by atomic mass is 32.2. The van der Waals surface area contributed by atoms with Crippen molar-refractivity contribution in [2.24, 2.45) is 0 Å². The summed E-state index contributed by atoms with van der Waals surface area (Å²) in [4.78, 5) is 12.1. The number of carboxylic acids is 1. The van der Waals surface area contributed by atoms with Crippen LogP contribution >= 0.6 is 11.8 Å². The SMILES string of the molecule is CCCC(Sc1ccccc1C)C(=O)O. The molecule has 1 rings (SSSR count). The van der Waals surface area contributed by atoms with Crippen molar-refractivity contribution < 1.29 is 9.90 Å². The maximum atomic E-state index is 11.0. The van der Waals surface area contributed by atoms with Gasteiger partial charge >= 0.3 is 5.97 Å². The Bertz CT molecular complexity index is 336. The average molecular weight is 224 g/mol. The molecule has 0 saturated heterocycles. The monoisotopic (exact) mass is 224 g/mol. The third-order valence-corrected chi connectivity index (χ3v) is 3.62. The second-order valence-electron chi connectivity index (χ2n) is 3.50. The van der Waals surface area contributed by atoms with Gasteiger partial charge in [-0.15, -0.1) is 11.8 Å². The molecular formula is C12H16O2S. The fourth-order valence-electron chi connectivity index (χ4n) is 1.34. The highest BCUT2D eigenvalue weighted by Crippen LogP contribution is 2.28. The summed E-state index contributed by atoms with van der Waals surface area (Å²) in [6.45, 7) is 4.02. The third kappa shape index (κ3) is 3.59. The molecule has 15 heavy (non-hydrogen) atoms. The molecule has 0 amide bonds. The molecule has 1 N–H and O–H groups in total. The van der Waals surface area contributed by atoms with Gasteiger partial charge in [0.1, 0.15) is 5.25 Å². The van der Waals surface area contributed by atoms with Crippen LogP contribution in [-0.4, -0.2) is 16.3 Å². The Kier molecular flexibility index (Phi) is 4.69. The van der Waals surface area contributed by atoms with E-state index < -0.39 is 5.97 Å². The van der Waals surface area contributed by atoms with Gasteiger partial charge in [0.05, 0.1) is 0 Å². The number of carbonyl (C=O) groups is 1. The molecule has 0 bridgehead atoms. The Hall–Kier alpha value is -0.960. The fraction of sp³-hybridized carbons (Fsp3) is 0.417. The van der Waals surface area contributed by atoms with E-state index in [1.807, 2.05) is 38.1 Å². The van der Waals surface area contributed by atoms with Crippen LogP contribution in [0.1, 0.15) is 25.3 Å². The van der Waals surface area contributed by atoms with Crippen molar-refractivity contribution in [2.45, 2.75) is 36.8 Å². The number of hydrogen-bond donors (Lipinski definition) is 1. The predicted octanol–water partition coefficient (Wildman–Crippen LogP) is 3.34. The first kappa shape index (κ1) is 12.1. The van der Waals surface area contributed by atoms with Gasteiger partial charge in [0.15, 0.2) is 0 Å². The van der Waals surface area contributed by atoms with Crippen molar-refractivity contribution in [3.63, 3.8) is 0 Å².